The van der Waals surface area contributed by atoms with Gasteiger partial charge in [-0.25, -0.2) is 18.7 Å². The van der Waals surface area contributed by atoms with Crippen LogP contribution in [0.4, 0.5) is 4.79 Å². The van der Waals surface area contributed by atoms with Crippen LogP contribution in [0.3, 0.4) is 0 Å². The SMILES string of the molecule is CCn1c(C)c(C)[n+](CC)c1SCC(=O)CC[C@H](NC(=O)CNC(=O)OCc1ccccc1)C(=O)O.[Br-]. The smallest absolute Gasteiger partial charge is 0.407 e. The van der Waals surface area contributed by atoms with Crippen molar-refractivity contribution in [1.82, 2.24) is 15.2 Å². The fourth-order valence-corrected chi connectivity index (χ4v) is 4.95. The van der Waals surface area contributed by atoms with Crippen molar-refractivity contribution in [1.29, 1.82) is 0 Å². The number of thioether (sulfide) groups is 1. The number of carbonyl (C=O) groups excluding carboxylic acids is 3. The Kier molecular flexibility index (Phi) is 14.0. The Balaban J connectivity index is 0.00000684. The van der Waals surface area contributed by atoms with E-state index in [9.17, 15) is 24.3 Å². The topological polar surface area (TPSA) is 131 Å². The van der Waals surface area contributed by atoms with Gasteiger partial charge in [-0.15, -0.1) is 0 Å². The number of carbonyl (C=O) groups is 4. The molecule has 0 saturated carbocycles. The molecule has 1 atom stereocenters. The number of nitrogens with zero attached hydrogens (tertiary/aromatic N) is 2. The van der Waals surface area contributed by atoms with Crippen molar-refractivity contribution in [3.8, 4) is 0 Å². The summed E-state index contributed by atoms with van der Waals surface area (Å²) in [4.78, 5) is 48.0. The standard InChI is InChI=1S/C25H34N4O6S.BrH/c1-5-28-17(3)18(4)29(6-2)25(28)36-16-20(30)12-13-21(23(32)33)27-22(31)14-26-24(34)35-15-19-10-8-7-9-11-19;/h7-11,21H,5-6,12-16H2,1-4H3,(H2-,26,27,31,32,33,34);1H/t21-;/m0./s1. The van der Waals surface area contributed by atoms with Gasteiger partial charge in [0, 0.05) is 20.3 Å². The second-order valence-corrected chi connectivity index (χ2v) is 9.12. The number of Topliss-reactive ketones (excluding diaryl/α,β-unsaturated/α-hetero) is 1. The summed E-state index contributed by atoms with van der Waals surface area (Å²) >= 11 is 1.43. The summed E-state index contributed by atoms with van der Waals surface area (Å²) in [5.41, 5.74) is 3.10. The van der Waals surface area contributed by atoms with Crippen molar-refractivity contribution in [3.05, 3.63) is 47.3 Å². The van der Waals surface area contributed by atoms with E-state index in [1.807, 2.05) is 18.2 Å². The van der Waals surface area contributed by atoms with Crippen LogP contribution in [0.5, 0.6) is 0 Å². The van der Waals surface area contributed by atoms with Crippen molar-refractivity contribution in [2.24, 2.45) is 0 Å². The van der Waals surface area contributed by atoms with Crippen LogP contribution < -0.4 is 32.2 Å². The molecule has 0 spiro atoms. The highest BCUT2D eigenvalue weighted by Gasteiger charge is 2.26. The molecule has 0 aliphatic heterocycles. The molecule has 2 amide bonds. The maximum atomic E-state index is 12.5. The van der Waals surface area contributed by atoms with Gasteiger partial charge in [-0.3, -0.25) is 9.59 Å². The lowest BCUT2D eigenvalue weighted by Crippen LogP contribution is -3.00. The number of hydrogen-bond donors (Lipinski definition) is 3. The normalized spacial score (nSPS) is 11.2. The van der Waals surface area contributed by atoms with Gasteiger partial charge >= 0.3 is 17.2 Å². The van der Waals surface area contributed by atoms with E-state index in [2.05, 4.69) is 47.5 Å². The first-order valence-corrected chi connectivity index (χ1v) is 12.9. The van der Waals surface area contributed by atoms with E-state index in [4.69, 9.17) is 4.74 Å². The molecule has 0 saturated heterocycles. The molecule has 0 radical (unpaired) electrons. The number of hydrogen-bond acceptors (Lipinski definition) is 6. The molecular weight excluding hydrogens is 564 g/mol. The number of rotatable bonds is 14. The molecule has 1 aromatic carbocycles. The van der Waals surface area contributed by atoms with Gasteiger partial charge in [-0.05, 0) is 37.6 Å². The lowest BCUT2D eigenvalue weighted by atomic mass is 10.1. The average molecular weight is 600 g/mol. The number of halogens is 1. The fraction of sp³-hybridized carbons (Fsp3) is 0.480. The van der Waals surface area contributed by atoms with E-state index in [1.54, 1.807) is 12.1 Å². The van der Waals surface area contributed by atoms with Crippen LogP contribution in [0.25, 0.3) is 0 Å². The Bertz CT molecular complexity index is 1050. The minimum Gasteiger partial charge on any atom is -1.00 e. The lowest BCUT2D eigenvalue weighted by molar-refractivity contribution is -0.735. The summed E-state index contributed by atoms with van der Waals surface area (Å²) in [6.45, 7) is 9.39. The summed E-state index contributed by atoms with van der Waals surface area (Å²) in [5.74, 6) is -1.83. The van der Waals surface area contributed by atoms with Crippen LogP contribution in [0.15, 0.2) is 35.5 Å². The largest absolute Gasteiger partial charge is 1.00 e. The van der Waals surface area contributed by atoms with Crippen LogP contribution in [-0.4, -0.2) is 51.8 Å². The lowest BCUT2D eigenvalue weighted by Gasteiger charge is -2.14. The predicted molar refractivity (Wildman–Crippen MR) is 135 cm³/mol. The number of aromatic nitrogens is 2. The molecule has 0 fully saturated rings. The van der Waals surface area contributed by atoms with Gasteiger partial charge in [0.05, 0.1) is 18.8 Å². The molecule has 2 rings (SSSR count). The predicted octanol–water partition coefficient (Wildman–Crippen LogP) is -0.627. The molecular formula is C25H35BrN4O6S. The van der Waals surface area contributed by atoms with Gasteiger partial charge in [0.2, 0.25) is 5.91 Å². The monoisotopic (exact) mass is 598 g/mol. The molecule has 0 aliphatic rings. The molecule has 12 heteroatoms. The Hall–Kier alpha value is -2.86. The first-order valence-electron chi connectivity index (χ1n) is 11.9. The quantitative estimate of drug-likeness (QED) is 0.195. The molecule has 1 heterocycles. The number of alkyl carbamates (subject to hydrolysis) is 1. The molecule has 0 bridgehead atoms. The van der Waals surface area contributed by atoms with E-state index in [0.717, 1.165) is 35.2 Å². The molecule has 0 unspecified atom stereocenters. The average Bonchev–Trinajstić information content (AvgIpc) is 3.11. The molecule has 37 heavy (non-hydrogen) atoms. The zero-order valence-corrected chi connectivity index (χ0v) is 24.0. The summed E-state index contributed by atoms with van der Waals surface area (Å²) in [6, 6.07) is 7.81. The summed E-state index contributed by atoms with van der Waals surface area (Å²) < 4.78 is 9.34. The number of benzene rings is 1. The minimum absolute atomic E-state index is 0. The van der Waals surface area contributed by atoms with Crippen molar-refractivity contribution >= 4 is 35.5 Å². The van der Waals surface area contributed by atoms with Crippen molar-refractivity contribution in [2.45, 2.75) is 71.4 Å². The first kappa shape index (κ1) is 32.2. The van der Waals surface area contributed by atoms with Crippen molar-refractivity contribution in [3.63, 3.8) is 0 Å². The van der Waals surface area contributed by atoms with E-state index in [1.165, 1.54) is 11.8 Å². The van der Waals surface area contributed by atoms with Crippen LogP contribution in [0, 0.1) is 13.8 Å². The van der Waals surface area contributed by atoms with E-state index < -0.39 is 30.6 Å². The molecule has 0 aliphatic carbocycles. The summed E-state index contributed by atoms with van der Waals surface area (Å²) in [5, 5.41) is 15.1. The highest BCUT2D eigenvalue weighted by Crippen LogP contribution is 2.20. The number of imidazole rings is 1. The van der Waals surface area contributed by atoms with Crippen LogP contribution in [0.2, 0.25) is 0 Å². The number of carboxylic acid groups (broad SMARTS) is 1. The van der Waals surface area contributed by atoms with Gasteiger partial charge in [-0.1, -0.05) is 30.3 Å². The third kappa shape index (κ3) is 9.84. The van der Waals surface area contributed by atoms with E-state index in [0.29, 0.717) is 0 Å². The molecule has 1 aromatic heterocycles. The highest BCUT2D eigenvalue weighted by atomic mass is 79.9. The Morgan fingerprint density at radius 2 is 1.81 bits per heavy atom. The van der Waals surface area contributed by atoms with Crippen molar-refractivity contribution in [2.75, 3.05) is 12.3 Å². The van der Waals surface area contributed by atoms with Gasteiger partial charge in [-0.2, -0.15) is 0 Å². The second kappa shape index (κ2) is 16.1. The third-order valence-electron chi connectivity index (χ3n) is 5.74. The summed E-state index contributed by atoms with van der Waals surface area (Å²) in [6.07, 6.45) is -0.826. The minimum atomic E-state index is -1.25. The number of amides is 2. The Morgan fingerprint density at radius 3 is 2.41 bits per heavy atom. The van der Waals surface area contributed by atoms with E-state index >= 15 is 0 Å². The maximum absolute atomic E-state index is 12.5. The van der Waals surface area contributed by atoms with Crippen molar-refractivity contribution < 1.29 is 50.6 Å². The van der Waals surface area contributed by atoms with Gasteiger partial charge in [0.1, 0.15) is 36.4 Å². The van der Waals surface area contributed by atoms with Gasteiger partial charge in [0.15, 0.2) is 0 Å². The summed E-state index contributed by atoms with van der Waals surface area (Å²) in [7, 11) is 0. The molecule has 204 valence electrons. The Labute approximate surface area is 231 Å². The zero-order chi connectivity index (χ0) is 26.7. The van der Waals surface area contributed by atoms with Crippen LogP contribution in [0.1, 0.15) is 43.6 Å². The maximum Gasteiger partial charge on any atom is 0.407 e. The number of carboxylic acids is 1. The molecule has 3 N–H and O–H groups in total. The number of nitrogens with one attached hydrogen (secondary N) is 2. The molecule has 2 aromatic rings. The highest BCUT2D eigenvalue weighted by molar-refractivity contribution is 7.99. The van der Waals surface area contributed by atoms with E-state index in [-0.39, 0.29) is 48.0 Å². The number of aliphatic carboxylic acids is 1. The van der Waals surface area contributed by atoms with Crippen LogP contribution >= 0.6 is 11.8 Å². The second-order valence-electron chi connectivity index (χ2n) is 8.18. The number of ether oxygens (including phenoxy) is 1. The van der Waals surface area contributed by atoms with Crippen LogP contribution in [-0.2, 0) is 38.8 Å². The Morgan fingerprint density at radius 1 is 1.14 bits per heavy atom. The fourth-order valence-electron chi connectivity index (χ4n) is 3.68. The van der Waals surface area contributed by atoms with Gasteiger partial charge < -0.3 is 37.5 Å². The first-order chi connectivity index (χ1) is 17.2. The number of ketones is 1. The zero-order valence-electron chi connectivity index (χ0n) is 21.6. The third-order valence-corrected chi connectivity index (χ3v) is 6.91. The van der Waals surface area contributed by atoms with Gasteiger partial charge in [0.25, 0.3) is 0 Å². The molecule has 10 nitrogen and oxygen atoms in total.